The molecule has 0 atom stereocenters. The molecule has 0 bridgehead atoms. The highest BCUT2D eigenvalue weighted by Crippen LogP contribution is 2.32. The van der Waals surface area contributed by atoms with Crippen molar-refractivity contribution in [2.75, 3.05) is 0 Å². The maximum absolute atomic E-state index is 13.1. The van der Waals surface area contributed by atoms with Crippen molar-refractivity contribution < 1.29 is 13.9 Å². The Kier molecular flexibility index (Phi) is 4.94. The van der Waals surface area contributed by atoms with Crippen molar-refractivity contribution in [3.8, 4) is 17.1 Å². The van der Waals surface area contributed by atoms with Gasteiger partial charge in [0.2, 0.25) is 11.2 Å². The lowest BCUT2D eigenvalue weighted by Gasteiger charge is -2.12. The highest BCUT2D eigenvalue weighted by molar-refractivity contribution is 5.85. The van der Waals surface area contributed by atoms with Crippen LogP contribution < -0.4 is 10.2 Å². The summed E-state index contributed by atoms with van der Waals surface area (Å²) < 4.78 is 11.5. The first-order valence-electron chi connectivity index (χ1n) is 8.71. The molecule has 26 heavy (non-hydrogen) atoms. The smallest absolute Gasteiger partial charge is 0.311 e. The lowest BCUT2D eigenvalue weighted by Crippen LogP contribution is -2.17. The summed E-state index contributed by atoms with van der Waals surface area (Å²) in [5.41, 5.74) is 2.86. The van der Waals surface area contributed by atoms with Crippen LogP contribution in [-0.4, -0.2) is 5.97 Å². The highest BCUT2D eigenvalue weighted by atomic mass is 16.5. The summed E-state index contributed by atoms with van der Waals surface area (Å²) in [5.74, 6) is -0.0613. The average molecular weight is 350 g/mol. The molecule has 4 heteroatoms. The fourth-order valence-corrected chi connectivity index (χ4v) is 2.79. The zero-order chi connectivity index (χ0) is 18.8. The Morgan fingerprint density at radius 1 is 1.08 bits per heavy atom. The molecule has 0 aliphatic heterocycles. The number of hydrogen-bond acceptors (Lipinski definition) is 4. The Morgan fingerprint density at radius 2 is 1.73 bits per heavy atom. The van der Waals surface area contributed by atoms with E-state index in [1.165, 1.54) is 0 Å². The minimum absolute atomic E-state index is 0.0439. The first kappa shape index (κ1) is 17.9. The van der Waals surface area contributed by atoms with Crippen LogP contribution in [0.15, 0.2) is 51.7 Å². The van der Waals surface area contributed by atoms with E-state index in [1.54, 1.807) is 6.07 Å². The van der Waals surface area contributed by atoms with E-state index in [4.69, 9.17) is 9.15 Å². The van der Waals surface area contributed by atoms with Crippen LogP contribution in [-0.2, 0) is 4.79 Å². The molecule has 0 saturated carbocycles. The molecule has 0 radical (unpaired) electrons. The Labute approximate surface area is 152 Å². The third-order valence-electron chi connectivity index (χ3n) is 4.29. The van der Waals surface area contributed by atoms with E-state index in [-0.39, 0.29) is 29.3 Å². The monoisotopic (exact) mass is 350 g/mol. The number of aryl methyl sites for hydroxylation is 2. The van der Waals surface area contributed by atoms with Crippen LogP contribution in [0.2, 0.25) is 0 Å². The summed E-state index contributed by atoms with van der Waals surface area (Å²) in [6.45, 7) is 7.75. The Morgan fingerprint density at radius 3 is 2.38 bits per heavy atom. The van der Waals surface area contributed by atoms with Crippen LogP contribution in [0.25, 0.3) is 22.3 Å². The van der Waals surface area contributed by atoms with Gasteiger partial charge in [0, 0.05) is 12.0 Å². The second kappa shape index (κ2) is 7.16. The molecule has 0 N–H and O–H groups in total. The van der Waals surface area contributed by atoms with Gasteiger partial charge < -0.3 is 9.15 Å². The van der Waals surface area contributed by atoms with Gasteiger partial charge in [0.25, 0.3) is 0 Å². The number of fused-ring (bicyclic) bond motifs is 1. The quantitative estimate of drug-likeness (QED) is 0.619. The summed E-state index contributed by atoms with van der Waals surface area (Å²) in [5, 5.41) is 0.417. The normalized spacial score (nSPS) is 11.1. The number of ether oxygens (including phenoxy) is 1. The third kappa shape index (κ3) is 3.54. The number of carbonyl (C=O) groups is 1. The van der Waals surface area contributed by atoms with Gasteiger partial charge in [0.15, 0.2) is 5.76 Å². The predicted octanol–water partition coefficient (Wildman–Crippen LogP) is 5.03. The largest absolute Gasteiger partial charge is 0.452 e. The van der Waals surface area contributed by atoms with E-state index >= 15 is 0 Å². The van der Waals surface area contributed by atoms with Gasteiger partial charge in [-0.1, -0.05) is 44.2 Å². The fraction of sp³-hybridized carbons (Fsp3) is 0.273. The van der Waals surface area contributed by atoms with Crippen LogP contribution in [0, 0.1) is 19.8 Å². The number of carbonyl (C=O) groups excluding carboxylic acids is 1. The molecular formula is C22H22O4. The van der Waals surface area contributed by atoms with Crippen LogP contribution >= 0.6 is 0 Å². The minimum Gasteiger partial charge on any atom is -0.452 e. The summed E-state index contributed by atoms with van der Waals surface area (Å²) in [7, 11) is 0. The second-order valence-corrected chi connectivity index (χ2v) is 6.96. The van der Waals surface area contributed by atoms with Gasteiger partial charge in [-0.2, -0.15) is 0 Å². The molecule has 0 fully saturated rings. The van der Waals surface area contributed by atoms with Crippen LogP contribution in [0.3, 0.4) is 0 Å². The van der Waals surface area contributed by atoms with E-state index in [0.29, 0.717) is 16.5 Å². The molecule has 134 valence electrons. The molecule has 0 aliphatic rings. The number of rotatable bonds is 4. The van der Waals surface area contributed by atoms with Gasteiger partial charge in [-0.3, -0.25) is 9.59 Å². The van der Waals surface area contributed by atoms with Gasteiger partial charge in [-0.15, -0.1) is 0 Å². The predicted molar refractivity (Wildman–Crippen MR) is 102 cm³/mol. The van der Waals surface area contributed by atoms with Crippen molar-refractivity contribution in [3.05, 3.63) is 63.8 Å². The van der Waals surface area contributed by atoms with Gasteiger partial charge in [-0.05, 0) is 43.0 Å². The van der Waals surface area contributed by atoms with Crippen LogP contribution in [0.4, 0.5) is 0 Å². The maximum atomic E-state index is 13.1. The lowest BCUT2D eigenvalue weighted by molar-refractivity contribution is -0.135. The Balaban J connectivity index is 2.25. The maximum Gasteiger partial charge on any atom is 0.311 e. The van der Waals surface area contributed by atoms with Crippen molar-refractivity contribution in [2.45, 2.75) is 34.1 Å². The van der Waals surface area contributed by atoms with E-state index < -0.39 is 5.97 Å². The van der Waals surface area contributed by atoms with E-state index in [0.717, 1.165) is 11.1 Å². The third-order valence-corrected chi connectivity index (χ3v) is 4.29. The SMILES string of the molecule is Cc1cc2oc(-c3ccccc3)c(OC(=O)CC(C)C)c(=O)c2cc1C. The molecule has 1 aromatic heterocycles. The van der Waals surface area contributed by atoms with Gasteiger partial charge in [-0.25, -0.2) is 0 Å². The topological polar surface area (TPSA) is 56.5 Å². The van der Waals surface area contributed by atoms with Crippen molar-refractivity contribution in [3.63, 3.8) is 0 Å². The van der Waals surface area contributed by atoms with Gasteiger partial charge in [0.1, 0.15) is 5.58 Å². The summed E-state index contributed by atoms with van der Waals surface area (Å²) in [4.78, 5) is 25.3. The molecule has 3 aromatic rings. The molecule has 0 unspecified atom stereocenters. The van der Waals surface area contributed by atoms with E-state index in [2.05, 4.69) is 0 Å². The molecule has 0 spiro atoms. The Hall–Kier alpha value is -2.88. The molecule has 0 aliphatic carbocycles. The first-order chi connectivity index (χ1) is 12.4. The van der Waals surface area contributed by atoms with Crippen molar-refractivity contribution in [2.24, 2.45) is 5.92 Å². The zero-order valence-electron chi connectivity index (χ0n) is 15.5. The lowest BCUT2D eigenvalue weighted by atomic mass is 10.0. The number of esters is 1. The summed E-state index contributed by atoms with van der Waals surface area (Å²) >= 11 is 0. The average Bonchev–Trinajstić information content (AvgIpc) is 2.59. The molecular weight excluding hydrogens is 328 g/mol. The molecule has 0 saturated heterocycles. The number of hydrogen-bond donors (Lipinski definition) is 0. The minimum atomic E-state index is -0.437. The summed E-state index contributed by atoms with van der Waals surface area (Å²) in [6, 6.07) is 12.8. The van der Waals surface area contributed by atoms with Crippen molar-refractivity contribution in [1.82, 2.24) is 0 Å². The molecule has 3 rings (SSSR count). The molecule has 0 amide bonds. The van der Waals surface area contributed by atoms with Crippen LogP contribution in [0.5, 0.6) is 5.75 Å². The molecule has 1 heterocycles. The van der Waals surface area contributed by atoms with Crippen molar-refractivity contribution >= 4 is 16.9 Å². The van der Waals surface area contributed by atoms with Crippen molar-refractivity contribution in [1.29, 1.82) is 0 Å². The van der Waals surface area contributed by atoms with E-state index in [9.17, 15) is 9.59 Å². The van der Waals surface area contributed by atoms with Gasteiger partial charge in [0.05, 0.1) is 5.39 Å². The number of benzene rings is 2. The standard InChI is InChI=1S/C22H22O4/c1-13(2)10-19(23)26-22-20(24)17-11-14(3)15(4)12-18(17)25-21(22)16-8-6-5-7-9-16/h5-9,11-13H,10H2,1-4H3. The summed E-state index contributed by atoms with van der Waals surface area (Å²) in [6.07, 6.45) is 0.235. The molecule has 2 aromatic carbocycles. The van der Waals surface area contributed by atoms with Gasteiger partial charge >= 0.3 is 5.97 Å². The fourth-order valence-electron chi connectivity index (χ4n) is 2.79. The first-order valence-corrected chi connectivity index (χ1v) is 8.71. The van der Waals surface area contributed by atoms with Crippen LogP contribution in [0.1, 0.15) is 31.4 Å². The highest BCUT2D eigenvalue weighted by Gasteiger charge is 2.21. The molecule has 4 nitrogen and oxygen atoms in total. The van der Waals surface area contributed by atoms with E-state index in [1.807, 2.05) is 64.1 Å². The Bertz CT molecular complexity index is 1010. The zero-order valence-corrected chi connectivity index (χ0v) is 15.5. The second-order valence-electron chi connectivity index (χ2n) is 6.96.